The molecule has 0 saturated carbocycles. The monoisotopic (exact) mass is 148 g/mol. The minimum Gasteiger partial charge on any atom is -0.462 e. The maximum Gasteiger partial charge on any atom is 0.363 e. The molecule has 0 bridgehead atoms. The minimum atomic E-state index is -0.889. The maximum absolute atomic E-state index is 10.7. The highest BCUT2D eigenvalue weighted by atomic mass is 16.7. The quantitative estimate of drug-likeness (QED) is 0.421. The molecule has 0 aromatic heterocycles. The molecule has 0 N–H and O–H groups in total. The van der Waals surface area contributed by atoms with Gasteiger partial charge < -0.3 is 14.2 Å². The lowest BCUT2D eigenvalue weighted by Gasteiger charge is -2.10. The molecule has 0 aliphatic carbocycles. The van der Waals surface area contributed by atoms with Crippen molar-refractivity contribution < 1.29 is 19.0 Å². The second-order valence-electron chi connectivity index (χ2n) is 1.56. The van der Waals surface area contributed by atoms with Crippen LogP contribution in [0.4, 0.5) is 0 Å². The van der Waals surface area contributed by atoms with E-state index in [0.717, 1.165) is 0 Å². The average molecular weight is 148 g/mol. The van der Waals surface area contributed by atoms with Crippen LogP contribution in [-0.2, 0) is 19.0 Å². The van der Waals surface area contributed by atoms with Crippen molar-refractivity contribution in [3.8, 4) is 0 Å². The third kappa shape index (κ3) is 2.80. The van der Waals surface area contributed by atoms with Gasteiger partial charge in [-0.15, -0.1) is 0 Å². The first-order chi connectivity index (χ1) is 4.76. The number of carbonyl (C=O) groups excluding carboxylic acids is 1. The summed E-state index contributed by atoms with van der Waals surface area (Å²) >= 11 is 0. The second kappa shape index (κ2) is 5.20. The van der Waals surface area contributed by atoms with Gasteiger partial charge in [0.25, 0.3) is 6.29 Å². The molecule has 0 atom stereocenters. The van der Waals surface area contributed by atoms with Gasteiger partial charge in [0.15, 0.2) is 0 Å². The molecule has 60 valence electrons. The van der Waals surface area contributed by atoms with E-state index in [-0.39, 0.29) is 0 Å². The fraction of sp³-hybridized carbons (Fsp3) is 0.833. The van der Waals surface area contributed by atoms with Crippen LogP contribution in [0.2, 0.25) is 0 Å². The van der Waals surface area contributed by atoms with Crippen molar-refractivity contribution in [2.45, 2.75) is 13.2 Å². The highest BCUT2D eigenvalue weighted by molar-refractivity contribution is 5.73. The SMILES string of the molecule is CCOC(=O)C(OC)OC. The zero-order valence-electron chi connectivity index (χ0n) is 6.42. The van der Waals surface area contributed by atoms with Crippen LogP contribution in [0.1, 0.15) is 6.92 Å². The summed E-state index contributed by atoms with van der Waals surface area (Å²) in [6.45, 7) is 2.06. The van der Waals surface area contributed by atoms with Crippen molar-refractivity contribution in [3.05, 3.63) is 0 Å². The van der Waals surface area contributed by atoms with Crippen LogP contribution in [0, 0.1) is 0 Å². The Morgan fingerprint density at radius 3 is 2.20 bits per heavy atom. The van der Waals surface area contributed by atoms with Crippen LogP contribution in [0.15, 0.2) is 0 Å². The highest BCUT2D eigenvalue weighted by Gasteiger charge is 2.16. The van der Waals surface area contributed by atoms with E-state index in [1.165, 1.54) is 14.2 Å². The van der Waals surface area contributed by atoms with E-state index in [2.05, 4.69) is 14.2 Å². The van der Waals surface area contributed by atoms with Crippen LogP contribution in [0.25, 0.3) is 0 Å². The third-order valence-electron chi connectivity index (χ3n) is 0.907. The number of methoxy groups -OCH3 is 2. The minimum absolute atomic E-state index is 0.335. The summed E-state index contributed by atoms with van der Waals surface area (Å²) in [4.78, 5) is 10.7. The van der Waals surface area contributed by atoms with E-state index in [1.807, 2.05) is 0 Å². The predicted octanol–water partition coefficient (Wildman–Crippen LogP) is 0.168. The number of ether oxygens (including phenoxy) is 3. The molecule has 4 nitrogen and oxygen atoms in total. The Morgan fingerprint density at radius 1 is 1.40 bits per heavy atom. The van der Waals surface area contributed by atoms with Crippen LogP contribution in [-0.4, -0.2) is 33.1 Å². The van der Waals surface area contributed by atoms with E-state index < -0.39 is 12.3 Å². The van der Waals surface area contributed by atoms with Gasteiger partial charge in [-0.2, -0.15) is 0 Å². The van der Waals surface area contributed by atoms with Crippen molar-refractivity contribution in [2.24, 2.45) is 0 Å². The van der Waals surface area contributed by atoms with Gasteiger partial charge in [-0.1, -0.05) is 0 Å². The van der Waals surface area contributed by atoms with Crippen molar-refractivity contribution in [1.29, 1.82) is 0 Å². The van der Waals surface area contributed by atoms with Crippen LogP contribution in [0.5, 0.6) is 0 Å². The van der Waals surface area contributed by atoms with Crippen molar-refractivity contribution >= 4 is 5.97 Å². The fourth-order valence-electron chi connectivity index (χ4n) is 0.499. The third-order valence-corrected chi connectivity index (χ3v) is 0.907. The summed E-state index contributed by atoms with van der Waals surface area (Å²) in [5.74, 6) is -0.493. The Balaban J connectivity index is 3.65. The van der Waals surface area contributed by atoms with Crippen LogP contribution >= 0.6 is 0 Å². The molecule has 0 rings (SSSR count). The summed E-state index contributed by atoms with van der Waals surface area (Å²) in [6.07, 6.45) is -0.889. The molecule has 0 aliphatic heterocycles. The van der Waals surface area contributed by atoms with Gasteiger partial charge in [-0.25, -0.2) is 4.79 Å². The lowest BCUT2D eigenvalue weighted by Crippen LogP contribution is -2.26. The molecule has 0 radical (unpaired) electrons. The summed E-state index contributed by atoms with van der Waals surface area (Å²) < 4.78 is 13.8. The van der Waals surface area contributed by atoms with E-state index in [0.29, 0.717) is 6.61 Å². The number of rotatable bonds is 4. The van der Waals surface area contributed by atoms with Gasteiger partial charge in [-0.05, 0) is 6.92 Å². The molecular formula is C6H12O4. The van der Waals surface area contributed by atoms with Gasteiger partial charge >= 0.3 is 5.97 Å². The summed E-state index contributed by atoms with van der Waals surface area (Å²) in [5, 5.41) is 0. The standard InChI is InChI=1S/C6H12O4/c1-4-10-5(7)6(8-2)9-3/h6H,4H2,1-3H3. The molecule has 10 heavy (non-hydrogen) atoms. The van der Waals surface area contributed by atoms with Gasteiger partial charge in [-0.3, -0.25) is 0 Å². The molecule has 0 aliphatic rings. The molecule has 0 saturated heterocycles. The summed E-state index contributed by atoms with van der Waals surface area (Å²) in [7, 11) is 2.76. The van der Waals surface area contributed by atoms with E-state index in [1.54, 1.807) is 6.92 Å². The van der Waals surface area contributed by atoms with E-state index in [9.17, 15) is 4.79 Å². The van der Waals surface area contributed by atoms with Gasteiger partial charge in [0, 0.05) is 14.2 Å². The summed E-state index contributed by atoms with van der Waals surface area (Å²) in [5.41, 5.74) is 0. The molecule has 4 heteroatoms. The molecule has 0 unspecified atom stereocenters. The van der Waals surface area contributed by atoms with Crippen molar-refractivity contribution in [3.63, 3.8) is 0 Å². The first-order valence-electron chi connectivity index (χ1n) is 2.98. The molecule has 0 fully saturated rings. The lowest BCUT2D eigenvalue weighted by atomic mass is 10.6. The Bertz CT molecular complexity index is 97.9. The van der Waals surface area contributed by atoms with Crippen LogP contribution < -0.4 is 0 Å². The van der Waals surface area contributed by atoms with Crippen molar-refractivity contribution in [2.75, 3.05) is 20.8 Å². The zero-order valence-corrected chi connectivity index (χ0v) is 6.42. The molecule has 0 aromatic carbocycles. The van der Waals surface area contributed by atoms with Gasteiger partial charge in [0.1, 0.15) is 0 Å². The van der Waals surface area contributed by atoms with Gasteiger partial charge in [0.2, 0.25) is 0 Å². The molecule has 0 amide bonds. The Morgan fingerprint density at radius 2 is 1.90 bits per heavy atom. The number of carbonyl (C=O) groups is 1. The van der Waals surface area contributed by atoms with Gasteiger partial charge in [0.05, 0.1) is 6.61 Å². The number of esters is 1. The lowest BCUT2D eigenvalue weighted by molar-refractivity contribution is -0.183. The molecular weight excluding hydrogens is 136 g/mol. The van der Waals surface area contributed by atoms with E-state index >= 15 is 0 Å². The Kier molecular flexibility index (Phi) is 4.88. The smallest absolute Gasteiger partial charge is 0.363 e. The molecule has 0 heterocycles. The largest absolute Gasteiger partial charge is 0.462 e. The Hall–Kier alpha value is -0.610. The normalized spacial score (nSPS) is 10.0. The fourth-order valence-corrected chi connectivity index (χ4v) is 0.499. The van der Waals surface area contributed by atoms with Crippen molar-refractivity contribution in [1.82, 2.24) is 0 Å². The maximum atomic E-state index is 10.7. The molecule has 0 spiro atoms. The van der Waals surface area contributed by atoms with E-state index in [4.69, 9.17) is 0 Å². The first kappa shape index (κ1) is 9.39. The van der Waals surface area contributed by atoms with Crippen LogP contribution in [0.3, 0.4) is 0 Å². The average Bonchev–Trinajstić information content (AvgIpc) is 1.91. The predicted molar refractivity (Wildman–Crippen MR) is 34.4 cm³/mol. The second-order valence-corrected chi connectivity index (χ2v) is 1.56. The number of hydrogen-bond donors (Lipinski definition) is 0. The Labute approximate surface area is 60.1 Å². The first-order valence-corrected chi connectivity index (χ1v) is 2.98. The zero-order chi connectivity index (χ0) is 7.98. The highest BCUT2D eigenvalue weighted by Crippen LogP contribution is 1.93. The number of hydrogen-bond acceptors (Lipinski definition) is 4. The summed E-state index contributed by atoms with van der Waals surface area (Å²) in [6, 6.07) is 0. The topological polar surface area (TPSA) is 44.8 Å². The molecule has 0 aromatic rings.